The Kier molecular flexibility index (Phi) is 11.3. The summed E-state index contributed by atoms with van der Waals surface area (Å²) in [6.07, 6.45) is 8.66. The number of amides is 1. The second-order valence-electron chi connectivity index (χ2n) is 16.1. The van der Waals surface area contributed by atoms with Gasteiger partial charge in [0.1, 0.15) is 30.5 Å². The maximum absolute atomic E-state index is 12.6. The molecule has 258 valence electrons. The summed E-state index contributed by atoms with van der Waals surface area (Å²) in [4.78, 5) is 12.6. The lowest BCUT2D eigenvalue weighted by Gasteiger charge is -2.58. The normalized spacial score (nSPS) is 43.6. The first-order valence-corrected chi connectivity index (χ1v) is 17.9. The first-order valence-electron chi connectivity index (χ1n) is 17.9. The Morgan fingerprint density at radius 1 is 1.02 bits per heavy atom. The molecular formula is C36H61NO8. The average Bonchev–Trinajstić information content (AvgIpc) is 3.36. The monoisotopic (exact) mass is 635 g/mol. The van der Waals surface area contributed by atoms with E-state index < -0.39 is 43.4 Å². The van der Waals surface area contributed by atoms with Crippen LogP contribution in [0.4, 0.5) is 4.79 Å². The molecule has 1 heterocycles. The summed E-state index contributed by atoms with van der Waals surface area (Å²) in [7, 11) is 0. The minimum absolute atomic E-state index is 0.00637. The Morgan fingerprint density at radius 3 is 2.53 bits per heavy atom. The minimum atomic E-state index is -1.50. The van der Waals surface area contributed by atoms with Crippen LogP contribution in [0, 0.1) is 46.3 Å². The lowest BCUT2D eigenvalue weighted by Crippen LogP contribution is -2.59. The smallest absolute Gasteiger partial charge is 0.407 e. The summed E-state index contributed by atoms with van der Waals surface area (Å²) in [6.45, 7) is 12.0. The average molecular weight is 636 g/mol. The van der Waals surface area contributed by atoms with Crippen LogP contribution in [0.15, 0.2) is 11.6 Å². The fourth-order valence-electron chi connectivity index (χ4n) is 10.5. The highest BCUT2D eigenvalue weighted by molar-refractivity contribution is 5.67. The summed E-state index contributed by atoms with van der Waals surface area (Å²) >= 11 is 0. The summed E-state index contributed by atoms with van der Waals surface area (Å²) in [5, 5.41) is 42.0. The molecule has 45 heavy (non-hydrogen) atoms. The van der Waals surface area contributed by atoms with Crippen LogP contribution in [-0.2, 0) is 14.2 Å². The van der Waals surface area contributed by atoms with Crippen LogP contribution in [-0.4, -0.2) is 83.1 Å². The van der Waals surface area contributed by atoms with Crippen molar-refractivity contribution in [3.05, 3.63) is 11.6 Å². The van der Waals surface area contributed by atoms with Gasteiger partial charge in [-0.25, -0.2) is 4.79 Å². The lowest BCUT2D eigenvalue weighted by atomic mass is 9.47. The van der Waals surface area contributed by atoms with E-state index in [-0.39, 0.29) is 24.7 Å². The molecule has 5 aliphatic rings. The quantitative estimate of drug-likeness (QED) is 0.159. The van der Waals surface area contributed by atoms with E-state index in [2.05, 4.69) is 46.0 Å². The predicted molar refractivity (Wildman–Crippen MR) is 171 cm³/mol. The van der Waals surface area contributed by atoms with E-state index in [1.807, 2.05) is 0 Å². The van der Waals surface area contributed by atoms with E-state index in [4.69, 9.17) is 14.2 Å². The molecule has 4 aliphatic carbocycles. The molecule has 0 aromatic heterocycles. The molecular weight excluding hydrogens is 574 g/mol. The van der Waals surface area contributed by atoms with Gasteiger partial charge in [0, 0.05) is 13.0 Å². The third-order valence-electron chi connectivity index (χ3n) is 13.0. The van der Waals surface area contributed by atoms with Crippen LogP contribution < -0.4 is 5.32 Å². The largest absolute Gasteiger partial charge is 0.446 e. The fraction of sp³-hybridized carbons (Fsp3) is 0.917. The van der Waals surface area contributed by atoms with E-state index in [9.17, 15) is 25.2 Å². The molecule has 0 aromatic rings. The zero-order valence-electron chi connectivity index (χ0n) is 28.3. The van der Waals surface area contributed by atoms with E-state index in [0.717, 1.165) is 54.8 Å². The lowest BCUT2D eigenvalue weighted by molar-refractivity contribution is -0.300. The number of fused-ring (bicyclic) bond motifs is 5. The number of carbonyl (C=O) groups excluding carboxylic acids is 1. The van der Waals surface area contributed by atoms with Gasteiger partial charge in [-0.1, -0.05) is 65.5 Å². The van der Waals surface area contributed by atoms with Crippen LogP contribution >= 0.6 is 0 Å². The van der Waals surface area contributed by atoms with Crippen molar-refractivity contribution < 1.29 is 39.4 Å². The van der Waals surface area contributed by atoms with Crippen molar-refractivity contribution >= 4 is 6.09 Å². The van der Waals surface area contributed by atoms with Gasteiger partial charge >= 0.3 is 6.09 Å². The zero-order chi connectivity index (χ0) is 32.5. The minimum Gasteiger partial charge on any atom is -0.446 e. The molecule has 5 N–H and O–H groups in total. The summed E-state index contributed by atoms with van der Waals surface area (Å²) in [5.74, 6) is 4.80. The molecule has 1 aliphatic heterocycles. The van der Waals surface area contributed by atoms with Crippen molar-refractivity contribution in [1.29, 1.82) is 0 Å². The van der Waals surface area contributed by atoms with Gasteiger partial charge in [0.15, 0.2) is 6.29 Å². The Bertz CT molecular complexity index is 1030. The molecule has 0 spiro atoms. The molecule has 0 aromatic carbocycles. The number of aliphatic hydroxyl groups excluding tert-OH is 4. The van der Waals surface area contributed by atoms with Gasteiger partial charge in [0.25, 0.3) is 0 Å². The van der Waals surface area contributed by atoms with Crippen molar-refractivity contribution in [2.45, 2.75) is 142 Å². The van der Waals surface area contributed by atoms with Gasteiger partial charge in [-0.15, -0.1) is 0 Å². The van der Waals surface area contributed by atoms with Crippen LogP contribution in [0.3, 0.4) is 0 Å². The second-order valence-corrected chi connectivity index (χ2v) is 16.1. The van der Waals surface area contributed by atoms with Gasteiger partial charge in [-0.2, -0.15) is 0 Å². The highest BCUT2D eigenvalue weighted by Gasteiger charge is 2.59. The Hall–Kier alpha value is -1.23. The van der Waals surface area contributed by atoms with E-state index in [1.165, 1.54) is 56.9 Å². The molecule has 4 fully saturated rings. The number of alkyl carbamates (subject to hydrolysis) is 1. The zero-order valence-corrected chi connectivity index (χ0v) is 28.3. The highest BCUT2D eigenvalue weighted by atomic mass is 16.7. The van der Waals surface area contributed by atoms with Crippen molar-refractivity contribution in [3.8, 4) is 0 Å². The molecule has 13 atom stereocenters. The number of allylic oxidation sites excluding steroid dienone is 1. The van der Waals surface area contributed by atoms with Crippen LogP contribution in [0.25, 0.3) is 0 Å². The SMILES string of the molecule is CC(C)CCC[C@@H](C)[C@H]1CC[C@H]2[C@@H]3CC=C4C[C@@H](OC(=O)NCCO[C@@H]5O[C@H](CO)[C@H](O)[C@@H](O)[C@@H]5O)CC[C@]4(C)[C@H]3CC[C@]12C. The molecule has 0 unspecified atom stereocenters. The second kappa shape index (κ2) is 14.5. The van der Waals surface area contributed by atoms with Crippen LogP contribution in [0.5, 0.6) is 0 Å². The molecule has 0 radical (unpaired) electrons. The van der Waals surface area contributed by atoms with Crippen molar-refractivity contribution in [1.82, 2.24) is 5.32 Å². The maximum atomic E-state index is 12.6. The molecule has 3 saturated carbocycles. The first kappa shape index (κ1) is 35.1. The number of ether oxygens (including phenoxy) is 3. The summed E-state index contributed by atoms with van der Waals surface area (Å²) in [5.41, 5.74) is 2.16. The van der Waals surface area contributed by atoms with E-state index in [1.54, 1.807) is 0 Å². The molecule has 5 rings (SSSR count). The van der Waals surface area contributed by atoms with Gasteiger partial charge in [-0.3, -0.25) is 0 Å². The molecule has 1 saturated heterocycles. The third-order valence-corrected chi connectivity index (χ3v) is 13.0. The predicted octanol–water partition coefficient (Wildman–Crippen LogP) is 4.94. The third kappa shape index (κ3) is 7.14. The Morgan fingerprint density at radius 2 is 1.80 bits per heavy atom. The van der Waals surface area contributed by atoms with Gasteiger partial charge < -0.3 is 40.0 Å². The number of carbonyl (C=O) groups is 1. The van der Waals surface area contributed by atoms with Gasteiger partial charge in [-0.05, 0) is 91.3 Å². The maximum Gasteiger partial charge on any atom is 0.407 e. The topological polar surface area (TPSA) is 138 Å². The summed E-state index contributed by atoms with van der Waals surface area (Å²) < 4.78 is 16.6. The van der Waals surface area contributed by atoms with Crippen LogP contribution in [0.2, 0.25) is 0 Å². The van der Waals surface area contributed by atoms with Crippen molar-refractivity contribution in [3.63, 3.8) is 0 Å². The highest BCUT2D eigenvalue weighted by Crippen LogP contribution is 2.67. The van der Waals surface area contributed by atoms with Gasteiger partial charge in [0.05, 0.1) is 13.2 Å². The molecule has 1 amide bonds. The van der Waals surface area contributed by atoms with E-state index in [0.29, 0.717) is 5.41 Å². The first-order chi connectivity index (χ1) is 21.4. The number of aliphatic hydroxyl groups is 4. The number of hydrogen-bond acceptors (Lipinski definition) is 8. The Labute approximate surface area is 270 Å². The van der Waals surface area contributed by atoms with Crippen LogP contribution in [0.1, 0.15) is 105 Å². The van der Waals surface area contributed by atoms with Gasteiger partial charge in [0.2, 0.25) is 0 Å². The standard InChI is InChI=1S/C36H61NO8/c1-21(2)7-6-8-22(3)26-11-12-27-25-10-9-23-19-24(13-15-35(23,4)28(25)14-16-36(26,27)5)44-34(42)37-17-18-43-33-32(41)31(40)30(39)29(20-38)45-33/h9,21-22,24-33,38-41H,6-8,10-20H2,1-5H3,(H,37,42)/t22-,24+,25+,26-,27+,28+,29-,30+,31-,32+,33-,35+,36-/m1/s1. The molecule has 9 nitrogen and oxygen atoms in total. The van der Waals surface area contributed by atoms with Crippen molar-refractivity contribution in [2.24, 2.45) is 46.3 Å². The number of hydrogen-bond donors (Lipinski definition) is 5. The molecule has 9 heteroatoms. The fourth-order valence-corrected chi connectivity index (χ4v) is 10.5. The number of rotatable bonds is 11. The molecule has 0 bridgehead atoms. The Balaban J connectivity index is 1.09. The summed E-state index contributed by atoms with van der Waals surface area (Å²) in [6, 6.07) is 0. The van der Waals surface area contributed by atoms with E-state index >= 15 is 0 Å². The number of nitrogens with one attached hydrogen (secondary N) is 1. The van der Waals surface area contributed by atoms with Crippen molar-refractivity contribution in [2.75, 3.05) is 19.8 Å².